The van der Waals surface area contributed by atoms with Crippen LogP contribution in [0.25, 0.3) is 0 Å². The monoisotopic (exact) mass is 1670 g/mol. The smallest absolute Gasteiger partial charge is 0.169 e. The van der Waals surface area contributed by atoms with Crippen molar-refractivity contribution < 1.29 is 228 Å². The van der Waals surface area contributed by atoms with E-state index < -0.39 is 68.1 Å². The van der Waals surface area contributed by atoms with Crippen molar-refractivity contribution in [3.05, 3.63) is 0 Å². The van der Waals surface area contributed by atoms with E-state index in [1.54, 1.807) is 28.2 Å². The summed E-state index contributed by atoms with van der Waals surface area (Å²) < 4.78 is 3.14. The van der Waals surface area contributed by atoms with Crippen LogP contribution in [-0.4, -0.2) is 495 Å². The van der Waals surface area contributed by atoms with Crippen molar-refractivity contribution in [3.63, 3.8) is 0 Å². The number of rotatable bonds is 46. The number of hydrogen-bond acceptors (Lipinski definition) is 24. The first-order valence-electron chi connectivity index (χ1n) is 35.8. The number of likely N-dealkylation sites (N-methyl/N-ethyl adjacent to an activating group) is 6. The summed E-state index contributed by atoms with van der Waals surface area (Å²) in [5, 5.41) is 219. The molecule has 0 heterocycles. The Balaban J connectivity index is -0.0000000958. The van der Waals surface area contributed by atoms with Crippen molar-refractivity contribution in [2.24, 2.45) is 0 Å². The van der Waals surface area contributed by atoms with Crippen LogP contribution in [0.4, 0.5) is 0 Å². The molecule has 0 radical (unpaired) electrons. The van der Waals surface area contributed by atoms with Crippen LogP contribution in [0.15, 0.2) is 0 Å². The van der Waals surface area contributed by atoms with Crippen LogP contribution < -0.4 is 74.4 Å². The van der Waals surface area contributed by atoms with Crippen molar-refractivity contribution in [3.8, 4) is 0 Å². The van der Waals surface area contributed by atoms with E-state index in [2.05, 4.69) is 20.8 Å². The van der Waals surface area contributed by atoms with Crippen molar-refractivity contribution in [1.82, 2.24) is 0 Å². The second-order valence-corrected chi connectivity index (χ2v) is 31.0. The molecule has 0 amide bonds. The fourth-order valence-corrected chi connectivity index (χ4v) is 12.6. The third-order valence-electron chi connectivity index (χ3n) is 19.6. The quantitative estimate of drug-likeness (QED) is 0.0252. The van der Waals surface area contributed by atoms with Crippen LogP contribution in [0.3, 0.4) is 0 Å². The minimum absolute atomic E-state index is 0. The highest BCUT2D eigenvalue weighted by atomic mass is 35.5. The standard InChI is InChI=1S/C13H30NO3.C12H26NO3.C11H26NO4.C9H22NO5.C9H22NO3.C8H20NO4.C6H16NO2.6ClH/c1-5-7-8-13(17)12(6-2)14(3,4)9-11(16)10-15;1-13(2,8-11(16)9-14)12(10-15)6-4-3-5-7-12;1-2-3-4-12(5-7-13,6-8-14)9-11(16)10-15;1-10(2,3-8(15)4-11)9(5-12,6-13)7-14;1-4-8(6-11)10(2,3)5-9(13)7-12;1-9(2,3-8(13)6-12)7(4-10)5-11;1-7(2,3)4-6(9)5-8;;;;;;/h11-13,15-17H,5-10H2,1-4H3;11,14-16H,3-10H2,1-2H3;11,13-16H,2-10H2,1H3;8,11-15H,3-7H2,1-2H3;8-9,11-13H,4-7H2,1-3H3;7-8,10-13H,3-6H2,1-2H3;6,8-9H,4-5H2,1-3H3;6*1H/q7*+1;;;;;;/p-6. The topological polar surface area (TPSA) is 486 Å². The Morgan fingerprint density at radius 2 is 0.667 bits per heavy atom. The average molecular weight is 1670 g/mol. The second-order valence-electron chi connectivity index (χ2n) is 31.0. The Labute approximate surface area is 670 Å². The Hall–Kier alpha value is 0.500. The van der Waals surface area contributed by atoms with Gasteiger partial charge in [0.1, 0.15) is 151 Å². The molecule has 37 heteroatoms. The van der Waals surface area contributed by atoms with Gasteiger partial charge in [0.05, 0.1) is 184 Å². The maximum Gasteiger partial charge on any atom is 0.169 e. The molecule has 10 atom stereocenters. The number of halogens is 6. The van der Waals surface area contributed by atoms with E-state index in [0.717, 1.165) is 77.2 Å². The van der Waals surface area contributed by atoms with E-state index in [1.165, 1.54) is 6.42 Å². The molecule has 105 heavy (non-hydrogen) atoms. The molecule has 0 aromatic rings. The van der Waals surface area contributed by atoms with Gasteiger partial charge in [-0.2, -0.15) is 0 Å². The number of aliphatic hydroxyl groups excluding tert-OH is 24. The van der Waals surface area contributed by atoms with Gasteiger partial charge in [0.2, 0.25) is 0 Å². The normalized spacial score (nSPS) is 16.1. The number of quaternary nitrogens is 7. The fraction of sp³-hybridized carbons (Fsp3) is 1.00. The molecule has 1 fully saturated rings. The zero-order valence-corrected chi connectivity index (χ0v) is 71.9. The molecular formula is C68H162Cl6N7O24+. The molecule has 0 aromatic carbocycles. The van der Waals surface area contributed by atoms with Crippen LogP contribution in [0.1, 0.15) is 105 Å². The Morgan fingerprint density at radius 1 is 0.343 bits per heavy atom. The van der Waals surface area contributed by atoms with E-state index in [1.807, 2.05) is 70.4 Å². The lowest BCUT2D eigenvalue weighted by Gasteiger charge is -2.50. The maximum absolute atomic E-state index is 10.2. The van der Waals surface area contributed by atoms with Gasteiger partial charge in [0.25, 0.3) is 0 Å². The first-order valence-corrected chi connectivity index (χ1v) is 35.8. The largest absolute Gasteiger partial charge is 1.00 e. The first kappa shape index (κ1) is 132. The van der Waals surface area contributed by atoms with Gasteiger partial charge >= 0.3 is 0 Å². The van der Waals surface area contributed by atoms with Crippen molar-refractivity contribution in [2.75, 3.05) is 263 Å². The molecule has 24 N–H and O–H groups in total. The lowest BCUT2D eigenvalue weighted by molar-refractivity contribution is -0.947. The van der Waals surface area contributed by atoms with Crippen LogP contribution in [-0.2, 0) is 0 Å². The molecular weight excluding hydrogens is 1510 g/mol. The van der Waals surface area contributed by atoms with Crippen LogP contribution in [0.2, 0.25) is 0 Å². The van der Waals surface area contributed by atoms with Gasteiger partial charge in [-0.15, -0.1) is 0 Å². The van der Waals surface area contributed by atoms with Gasteiger partial charge in [0, 0.05) is 12.8 Å². The third kappa shape index (κ3) is 57.2. The van der Waals surface area contributed by atoms with Gasteiger partial charge < -0.3 is 228 Å². The van der Waals surface area contributed by atoms with E-state index in [4.69, 9.17) is 66.4 Å². The Kier molecular flexibility index (Phi) is 89.2. The van der Waals surface area contributed by atoms with Gasteiger partial charge in [-0.05, 0) is 38.5 Å². The summed E-state index contributed by atoms with van der Waals surface area (Å²) >= 11 is 0. The van der Waals surface area contributed by atoms with E-state index in [-0.39, 0.29) is 206 Å². The zero-order chi connectivity index (χ0) is 78.7. The predicted molar refractivity (Wildman–Crippen MR) is 384 cm³/mol. The molecule has 10 unspecified atom stereocenters. The van der Waals surface area contributed by atoms with Crippen molar-refractivity contribution in [2.45, 2.75) is 183 Å². The average Bonchev–Trinajstić information content (AvgIpc) is 0.801. The molecule has 31 nitrogen and oxygen atoms in total. The van der Waals surface area contributed by atoms with Crippen molar-refractivity contribution >= 4 is 0 Å². The van der Waals surface area contributed by atoms with Gasteiger partial charge in [0.15, 0.2) is 5.54 Å². The molecule has 0 aromatic heterocycles. The summed E-state index contributed by atoms with van der Waals surface area (Å²) in [6, 6.07) is -0.0786. The lowest BCUT2D eigenvalue weighted by atomic mass is 9.79. The molecule has 1 rings (SSSR count). The summed E-state index contributed by atoms with van der Waals surface area (Å²) in [4.78, 5) is 0. The van der Waals surface area contributed by atoms with Gasteiger partial charge in [-0.3, -0.25) is 0 Å². The number of hydrogen-bond donors (Lipinski definition) is 24. The number of unbranched alkanes of at least 4 members (excludes halogenated alkanes) is 2. The lowest BCUT2D eigenvalue weighted by Crippen LogP contribution is -3.00. The predicted octanol–water partition coefficient (Wildman–Crippen LogP) is -25.0. The molecule has 1 saturated carbocycles. The maximum atomic E-state index is 10.2. The Bertz CT molecular complexity index is 1780. The molecule has 654 valence electrons. The van der Waals surface area contributed by atoms with E-state index in [0.29, 0.717) is 74.8 Å². The summed E-state index contributed by atoms with van der Waals surface area (Å²) in [5.41, 5.74) is -1.25. The number of aliphatic hydroxyl groups is 24. The molecule has 1 aliphatic carbocycles. The molecule has 0 spiro atoms. The van der Waals surface area contributed by atoms with E-state index >= 15 is 0 Å². The van der Waals surface area contributed by atoms with Crippen LogP contribution in [0.5, 0.6) is 0 Å². The highest BCUT2D eigenvalue weighted by Crippen LogP contribution is 2.37. The summed E-state index contributed by atoms with van der Waals surface area (Å²) in [6.45, 7) is 10.1. The fourth-order valence-electron chi connectivity index (χ4n) is 12.6. The zero-order valence-electron chi connectivity index (χ0n) is 67.4. The Morgan fingerprint density at radius 3 is 0.952 bits per heavy atom. The molecule has 0 saturated heterocycles. The molecule has 0 bridgehead atoms. The second kappa shape index (κ2) is 71.1. The van der Waals surface area contributed by atoms with Crippen molar-refractivity contribution in [1.29, 1.82) is 0 Å². The minimum Gasteiger partial charge on any atom is -1.00 e. The molecule has 0 aliphatic heterocycles. The van der Waals surface area contributed by atoms with Gasteiger partial charge in [-0.25, -0.2) is 0 Å². The summed E-state index contributed by atoms with van der Waals surface area (Å²) in [7, 11) is 24.8. The SMILES string of the molecule is CCC(CO)[N+](C)(C)CC(O)CO.CCCCC(O)C(CC)[N+](C)(C)CC(O)CO.CCCC[N+](CCO)(CCO)CC(O)CO.C[N+](C)(C)CC(O)CO.C[N+](C)(CC(O)CO)C(CO)(CO)CO.C[N+](C)(CC(O)CO)C(CO)CO.C[N+](C)(CC(O)CO)C1(CO)CCCCC1.[Cl-].[Cl-].[Cl-].[Cl-].[Cl-].[Cl-]. The third-order valence-corrected chi connectivity index (χ3v) is 19.6. The first-order chi connectivity index (χ1) is 45.8. The van der Waals surface area contributed by atoms with Gasteiger partial charge in [-0.1, -0.05) is 53.4 Å². The number of nitrogens with zero attached hydrogens (tertiary/aromatic N) is 7. The van der Waals surface area contributed by atoms with Crippen LogP contribution >= 0.6 is 0 Å². The van der Waals surface area contributed by atoms with Crippen LogP contribution in [0, 0.1) is 0 Å². The highest BCUT2D eigenvalue weighted by Gasteiger charge is 2.47. The molecule has 1 aliphatic rings. The minimum atomic E-state index is -1.11. The summed E-state index contributed by atoms with van der Waals surface area (Å²) in [6.07, 6.45) is 6.69. The van der Waals surface area contributed by atoms with E-state index in [9.17, 15) is 56.2 Å². The highest BCUT2D eigenvalue weighted by molar-refractivity contribution is 4.85. The summed E-state index contributed by atoms with van der Waals surface area (Å²) in [5.74, 6) is 0.